The molecule has 0 saturated heterocycles. The molecule has 0 atom stereocenters. The number of hydrogen-bond donors (Lipinski definition) is 1. The van der Waals surface area contributed by atoms with Crippen molar-refractivity contribution in [3.8, 4) is 11.5 Å². The zero-order chi connectivity index (χ0) is 13.2. The number of benzene rings is 1. The molecule has 1 N–H and O–H groups in total. The third-order valence-electron chi connectivity index (χ3n) is 2.65. The summed E-state index contributed by atoms with van der Waals surface area (Å²) in [5.74, 6) is 0.547. The van der Waals surface area contributed by atoms with E-state index in [4.69, 9.17) is 9.47 Å². The van der Waals surface area contributed by atoms with Crippen molar-refractivity contribution in [3.63, 3.8) is 0 Å². The zero-order valence-corrected chi connectivity index (χ0v) is 9.93. The zero-order valence-electron chi connectivity index (χ0n) is 9.93. The monoisotopic (exact) mass is 261 g/mol. The maximum Gasteiger partial charge on any atom is 0.416 e. The molecule has 3 nitrogen and oxygen atoms in total. The predicted molar refractivity (Wildman–Crippen MR) is 59.8 cm³/mol. The summed E-state index contributed by atoms with van der Waals surface area (Å²) < 4.78 is 49.4. The van der Waals surface area contributed by atoms with Crippen molar-refractivity contribution in [2.75, 3.05) is 20.3 Å². The van der Waals surface area contributed by atoms with E-state index in [1.54, 1.807) is 7.05 Å². The van der Waals surface area contributed by atoms with E-state index >= 15 is 0 Å². The normalized spacial score (nSPS) is 15.3. The highest BCUT2D eigenvalue weighted by atomic mass is 19.4. The van der Waals surface area contributed by atoms with Gasteiger partial charge in [0, 0.05) is 13.0 Å². The van der Waals surface area contributed by atoms with Crippen LogP contribution in [0.1, 0.15) is 17.5 Å². The van der Waals surface area contributed by atoms with Crippen LogP contribution >= 0.6 is 0 Å². The maximum atomic E-state index is 12.9. The first-order valence-electron chi connectivity index (χ1n) is 5.66. The van der Waals surface area contributed by atoms with Crippen LogP contribution in [0, 0.1) is 0 Å². The average molecular weight is 261 g/mol. The molecule has 2 rings (SSSR count). The van der Waals surface area contributed by atoms with E-state index in [1.807, 2.05) is 0 Å². The quantitative estimate of drug-likeness (QED) is 0.887. The number of hydrogen-bond acceptors (Lipinski definition) is 3. The van der Waals surface area contributed by atoms with Gasteiger partial charge in [-0.3, -0.25) is 0 Å². The van der Waals surface area contributed by atoms with Crippen molar-refractivity contribution in [2.24, 2.45) is 0 Å². The van der Waals surface area contributed by atoms with Gasteiger partial charge >= 0.3 is 6.18 Å². The van der Waals surface area contributed by atoms with Crippen molar-refractivity contribution in [1.82, 2.24) is 5.32 Å². The Balaban J connectivity index is 2.47. The first kappa shape index (κ1) is 13.0. The van der Waals surface area contributed by atoms with E-state index in [9.17, 15) is 13.2 Å². The van der Waals surface area contributed by atoms with Gasteiger partial charge in [0.15, 0.2) is 11.5 Å². The molecule has 100 valence electrons. The molecule has 1 heterocycles. The van der Waals surface area contributed by atoms with Gasteiger partial charge in [0.25, 0.3) is 0 Å². The second-order valence-corrected chi connectivity index (χ2v) is 4.03. The molecule has 0 spiro atoms. The van der Waals surface area contributed by atoms with Crippen molar-refractivity contribution in [3.05, 3.63) is 23.3 Å². The SMILES string of the molecule is CNCc1cc2c(cc1C(F)(F)F)OCCCO2. The molecular weight excluding hydrogens is 247 g/mol. The second-order valence-electron chi connectivity index (χ2n) is 4.03. The Morgan fingerprint density at radius 3 is 2.33 bits per heavy atom. The molecule has 1 aliphatic rings. The van der Waals surface area contributed by atoms with Gasteiger partial charge in [-0.05, 0) is 24.7 Å². The molecule has 0 unspecified atom stereocenters. The van der Waals surface area contributed by atoms with Gasteiger partial charge in [0.1, 0.15) is 0 Å². The Morgan fingerprint density at radius 1 is 1.17 bits per heavy atom. The lowest BCUT2D eigenvalue weighted by Crippen LogP contribution is -2.14. The summed E-state index contributed by atoms with van der Waals surface area (Å²) in [5.41, 5.74) is -0.518. The Morgan fingerprint density at radius 2 is 1.78 bits per heavy atom. The molecule has 6 heteroatoms. The fourth-order valence-corrected chi connectivity index (χ4v) is 1.85. The summed E-state index contributed by atoms with van der Waals surface area (Å²) in [6.45, 7) is 0.957. The smallest absolute Gasteiger partial charge is 0.416 e. The van der Waals surface area contributed by atoms with Gasteiger partial charge in [-0.2, -0.15) is 13.2 Å². The average Bonchev–Trinajstić information content (AvgIpc) is 2.51. The van der Waals surface area contributed by atoms with Crippen LogP contribution in [0.25, 0.3) is 0 Å². The first-order valence-corrected chi connectivity index (χ1v) is 5.66. The molecule has 0 saturated carbocycles. The molecular formula is C12H14F3NO2. The van der Waals surface area contributed by atoms with Crippen LogP contribution < -0.4 is 14.8 Å². The summed E-state index contributed by atoms with van der Waals surface area (Å²) >= 11 is 0. The molecule has 1 aromatic rings. The standard InChI is InChI=1S/C12H14F3NO2/c1-16-7-8-5-10-11(18-4-2-3-17-10)6-9(8)12(13,14)15/h5-6,16H,2-4,7H2,1H3. The van der Waals surface area contributed by atoms with E-state index in [-0.39, 0.29) is 17.9 Å². The van der Waals surface area contributed by atoms with Crippen LogP contribution in [-0.2, 0) is 12.7 Å². The fraction of sp³-hybridized carbons (Fsp3) is 0.500. The molecule has 0 bridgehead atoms. The molecule has 1 aliphatic heterocycles. The number of alkyl halides is 3. The van der Waals surface area contributed by atoms with Gasteiger partial charge in [-0.15, -0.1) is 0 Å². The van der Waals surface area contributed by atoms with E-state index in [0.29, 0.717) is 25.4 Å². The minimum absolute atomic E-state index is 0.130. The van der Waals surface area contributed by atoms with Gasteiger partial charge in [-0.25, -0.2) is 0 Å². The molecule has 0 radical (unpaired) electrons. The fourth-order valence-electron chi connectivity index (χ4n) is 1.85. The minimum Gasteiger partial charge on any atom is -0.490 e. The van der Waals surface area contributed by atoms with Crippen molar-refractivity contribution in [2.45, 2.75) is 19.1 Å². The molecule has 1 aromatic carbocycles. The predicted octanol–water partition coefficient (Wildman–Crippen LogP) is 2.59. The van der Waals surface area contributed by atoms with E-state index in [1.165, 1.54) is 6.07 Å². The van der Waals surface area contributed by atoms with Crippen molar-refractivity contribution in [1.29, 1.82) is 0 Å². The molecule has 0 fully saturated rings. The highest BCUT2D eigenvalue weighted by Crippen LogP contribution is 2.40. The lowest BCUT2D eigenvalue weighted by Gasteiger charge is -2.16. The summed E-state index contributed by atoms with van der Waals surface area (Å²) in [6, 6.07) is 2.42. The molecule has 0 amide bonds. The highest BCUT2D eigenvalue weighted by molar-refractivity contribution is 5.48. The van der Waals surface area contributed by atoms with Gasteiger partial charge in [0.05, 0.1) is 18.8 Å². The Labute approximate surface area is 103 Å². The largest absolute Gasteiger partial charge is 0.490 e. The summed E-state index contributed by atoms with van der Waals surface area (Å²) in [4.78, 5) is 0. The Kier molecular flexibility index (Phi) is 3.65. The third-order valence-corrected chi connectivity index (χ3v) is 2.65. The first-order chi connectivity index (χ1) is 8.52. The van der Waals surface area contributed by atoms with Crippen molar-refractivity contribution < 1.29 is 22.6 Å². The molecule has 0 aliphatic carbocycles. The van der Waals surface area contributed by atoms with Crippen LogP contribution in [0.5, 0.6) is 11.5 Å². The molecule has 18 heavy (non-hydrogen) atoms. The minimum atomic E-state index is -4.39. The topological polar surface area (TPSA) is 30.5 Å². The van der Waals surface area contributed by atoms with Crippen molar-refractivity contribution >= 4 is 0 Å². The number of halogens is 3. The van der Waals surface area contributed by atoms with E-state index in [2.05, 4.69) is 5.32 Å². The number of ether oxygens (including phenoxy) is 2. The van der Waals surface area contributed by atoms with E-state index < -0.39 is 11.7 Å². The van der Waals surface area contributed by atoms with Gasteiger partial charge in [0.2, 0.25) is 0 Å². The van der Waals surface area contributed by atoms with Crippen LogP contribution in [0.3, 0.4) is 0 Å². The second kappa shape index (κ2) is 5.06. The number of nitrogens with one attached hydrogen (secondary N) is 1. The molecule has 0 aromatic heterocycles. The lowest BCUT2D eigenvalue weighted by atomic mass is 10.1. The summed E-state index contributed by atoms with van der Waals surface area (Å²) in [7, 11) is 1.60. The Bertz CT molecular complexity index is 432. The van der Waals surface area contributed by atoms with E-state index in [0.717, 1.165) is 6.07 Å². The summed E-state index contributed by atoms with van der Waals surface area (Å²) in [6.07, 6.45) is -3.73. The highest BCUT2D eigenvalue weighted by Gasteiger charge is 2.34. The summed E-state index contributed by atoms with van der Waals surface area (Å²) in [5, 5.41) is 2.72. The number of rotatable bonds is 2. The van der Waals surface area contributed by atoms with Crippen LogP contribution in [0.15, 0.2) is 12.1 Å². The van der Waals surface area contributed by atoms with Crippen LogP contribution in [-0.4, -0.2) is 20.3 Å². The Hall–Kier alpha value is -1.43. The van der Waals surface area contributed by atoms with Crippen LogP contribution in [0.4, 0.5) is 13.2 Å². The third kappa shape index (κ3) is 2.69. The van der Waals surface area contributed by atoms with Gasteiger partial charge in [-0.1, -0.05) is 0 Å². The maximum absolute atomic E-state index is 12.9. The van der Waals surface area contributed by atoms with Crippen LogP contribution in [0.2, 0.25) is 0 Å². The van der Waals surface area contributed by atoms with Gasteiger partial charge < -0.3 is 14.8 Å². The number of fused-ring (bicyclic) bond motifs is 1. The lowest BCUT2D eigenvalue weighted by molar-refractivity contribution is -0.138.